The van der Waals surface area contributed by atoms with Gasteiger partial charge in [-0.25, -0.2) is 4.39 Å². The number of alkyl halides is 2. The molecule has 0 radical (unpaired) electrons. The van der Waals surface area contributed by atoms with Gasteiger partial charge in [0.2, 0.25) is 0 Å². The molecule has 0 aliphatic heterocycles. The predicted molar refractivity (Wildman–Crippen MR) is 48.0 cm³/mol. The summed E-state index contributed by atoms with van der Waals surface area (Å²) < 4.78 is 11.6. The second kappa shape index (κ2) is 8.28. The summed E-state index contributed by atoms with van der Waals surface area (Å²) >= 11 is 5.59. The molecule has 1 nitrogen and oxygen atoms in total. The molecule has 1 atom stereocenters. The molecule has 0 aliphatic rings. The maximum atomic E-state index is 11.6. The monoisotopic (exact) mass is 181 g/mol. The Morgan fingerprint density at radius 3 is 2.73 bits per heavy atom. The fourth-order valence-corrected chi connectivity index (χ4v) is 1.29. The zero-order valence-electron chi connectivity index (χ0n) is 7.08. The van der Waals surface area contributed by atoms with Crippen molar-refractivity contribution in [2.45, 2.75) is 19.8 Å². The van der Waals surface area contributed by atoms with Gasteiger partial charge in [0.15, 0.2) is 0 Å². The van der Waals surface area contributed by atoms with E-state index in [2.05, 4.69) is 12.2 Å². The Bertz CT molecular complexity index is 80.5. The molecule has 1 unspecified atom stereocenters. The Morgan fingerprint density at radius 1 is 1.55 bits per heavy atom. The third-order valence-corrected chi connectivity index (χ3v) is 2.02. The van der Waals surface area contributed by atoms with Crippen LogP contribution in [0.3, 0.4) is 0 Å². The first-order valence-electron chi connectivity index (χ1n) is 4.17. The summed E-state index contributed by atoms with van der Waals surface area (Å²) in [7, 11) is 0. The van der Waals surface area contributed by atoms with Gasteiger partial charge in [-0.05, 0) is 18.9 Å². The van der Waals surface area contributed by atoms with Gasteiger partial charge < -0.3 is 5.32 Å². The lowest BCUT2D eigenvalue weighted by molar-refractivity contribution is 0.415. The van der Waals surface area contributed by atoms with Gasteiger partial charge in [-0.15, -0.1) is 11.6 Å². The summed E-state index contributed by atoms with van der Waals surface area (Å²) in [5.41, 5.74) is 0. The van der Waals surface area contributed by atoms with Crippen molar-refractivity contribution in [3.63, 3.8) is 0 Å². The maximum absolute atomic E-state index is 11.6. The van der Waals surface area contributed by atoms with Crippen LogP contribution in [0.5, 0.6) is 0 Å². The molecule has 0 aromatic heterocycles. The van der Waals surface area contributed by atoms with E-state index in [-0.39, 0.29) is 6.67 Å². The van der Waals surface area contributed by atoms with E-state index in [1.165, 1.54) is 0 Å². The van der Waals surface area contributed by atoms with Crippen molar-refractivity contribution in [1.29, 1.82) is 0 Å². The first-order valence-corrected chi connectivity index (χ1v) is 4.71. The minimum Gasteiger partial charge on any atom is -0.314 e. The SMILES string of the molecule is CCC(CCCl)CNCCF. The van der Waals surface area contributed by atoms with Crippen LogP contribution in [0.15, 0.2) is 0 Å². The molecule has 0 heterocycles. The van der Waals surface area contributed by atoms with Gasteiger partial charge in [0.1, 0.15) is 6.67 Å². The largest absolute Gasteiger partial charge is 0.314 e. The zero-order chi connectivity index (χ0) is 8.53. The highest BCUT2D eigenvalue weighted by molar-refractivity contribution is 6.17. The predicted octanol–water partition coefficient (Wildman–Crippen LogP) is 2.20. The Hall–Kier alpha value is 0.180. The van der Waals surface area contributed by atoms with Crippen LogP contribution in [0.4, 0.5) is 4.39 Å². The quantitative estimate of drug-likeness (QED) is 0.469. The molecule has 11 heavy (non-hydrogen) atoms. The fourth-order valence-electron chi connectivity index (χ4n) is 0.978. The van der Waals surface area contributed by atoms with E-state index in [0.717, 1.165) is 19.4 Å². The summed E-state index contributed by atoms with van der Waals surface area (Å²) in [5.74, 6) is 1.31. The summed E-state index contributed by atoms with van der Waals surface area (Å²) in [6, 6.07) is 0. The summed E-state index contributed by atoms with van der Waals surface area (Å²) in [6.45, 7) is 3.22. The lowest BCUT2D eigenvalue weighted by Crippen LogP contribution is -2.24. The molecule has 0 spiro atoms. The van der Waals surface area contributed by atoms with E-state index >= 15 is 0 Å². The summed E-state index contributed by atoms with van der Waals surface area (Å²) in [6.07, 6.45) is 2.14. The highest BCUT2D eigenvalue weighted by Gasteiger charge is 2.03. The molecule has 0 saturated heterocycles. The minimum atomic E-state index is -0.280. The number of hydrogen-bond acceptors (Lipinski definition) is 1. The molecule has 1 N–H and O–H groups in total. The van der Waals surface area contributed by atoms with Crippen molar-refractivity contribution in [3.8, 4) is 0 Å². The summed E-state index contributed by atoms with van der Waals surface area (Å²) in [5, 5.41) is 3.04. The fraction of sp³-hybridized carbons (Fsp3) is 1.00. The van der Waals surface area contributed by atoms with Crippen LogP contribution < -0.4 is 5.32 Å². The third kappa shape index (κ3) is 6.57. The van der Waals surface area contributed by atoms with Crippen molar-refractivity contribution in [2.75, 3.05) is 25.6 Å². The number of rotatable bonds is 7. The molecular formula is C8H17ClFN. The lowest BCUT2D eigenvalue weighted by Gasteiger charge is -2.12. The van der Waals surface area contributed by atoms with E-state index in [9.17, 15) is 4.39 Å². The van der Waals surface area contributed by atoms with Gasteiger partial charge in [-0.2, -0.15) is 0 Å². The summed E-state index contributed by atoms with van der Waals surface area (Å²) in [4.78, 5) is 0. The molecule has 0 aliphatic carbocycles. The average molecular weight is 182 g/mol. The van der Waals surface area contributed by atoms with E-state index in [4.69, 9.17) is 11.6 Å². The van der Waals surface area contributed by atoms with Crippen LogP contribution in [-0.2, 0) is 0 Å². The molecular weight excluding hydrogens is 165 g/mol. The number of hydrogen-bond donors (Lipinski definition) is 1. The van der Waals surface area contributed by atoms with Crippen LogP contribution >= 0.6 is 11.6 Å². The zero-order valence-corrected chi connectivity index (χ0v) is 7.83. The van der Waals surface area contributed by atoms with Crippen LogP contribution in [0.2, 0.25) is 0 Å². The first-order chi connectivity index (χ1) is 5.35. The molecule has 3 heteroatoms. The van der Waals surface area contributed by atoms with E-state index in [1.807, 2.05) is 0 Å². The Kier molecular flexibility index (Phi) is 8.41. The first kappa shape index (κ1) is 11.2. The molecule has 0 saturated carbocycles. The molecule has 68 valence electrons. The molecule has 0 fully saturated rings. The van der Waals surface area contributed by atoms with Crippen LogP contribution in [-0.4, -0.2) is 25.6 Å². The van der Waals surface area contributed by atoms with Crippen LogP contribution in [0, 0.1) is 5.92 Å². The van der Waals surface area contributed by atoms with Gasteiger partial charge in [-0.1, -0.05) is 13.3 Å². The van der Waals surface area contributed by atoms with Gasteiger partial charge in [0.25, 0.3) is 0 Å². The topological polar surface area (TPSA) is 12.0 Å². The molecule has 0 aromatic rings. The number of nitrogens with one attached hydrogen (secondary N) is 1. The maximum Gasteiger partial charge on any atom is 0.102 e. The molecule has 0 rings (SSSR count). The second-order valence-electron chi connectivity index (χ2n) is 2.65. The smallest absolute Gasteiger partial charge is 0.102 e. The highest BCUT2D eigenvalue weighted by Crippen LogP contribution is 2.07. The van der Waals surface area contributed by atoms with Gasteiger partial charge in [0, 0.05) is 12.4 Å². The van der Waals surface area contributed by atoms with E-state index in [1.54, 1.807) is 0 Å². The minimum absolute atomic E-state index is 0.280. The van der Waals surface area contributed by atoms with Crippen LogP contribution in [0.1, 0.15) is 19.8 Å². The third-order valence-electron chi connectivity index (χ3n) is 1.80. The van der Waals surface area contributed by atoms with Crippen LogP contribution in [0.25, 0.3) is 0 Å². The van der Waals surface area contributed by atoms with E-state index < -0.39 is 0 Å². The van der Waals surface area contributed by atoms with Gasteiger partial charge >= 0.3 is 0 Å². The molecule has 0 aromatic carbocycles. The highest BCUT2D eigenvalue weighted by atomic mass is 35.5. The second-order valence-corrected chi connectivity index (χ2v) is 3.02. The van der Waals surface area contributed by atoms with Crippen molar-refractivity contribution < 1.29 is 4.39 Å². The average Bonchev–Trinajstić information content (AvgIpc) is 2.03. The van der Waals surface area contributed by atoms with Crippen molar-refractivity contribution in [1.82, 2.24) is 5.32 Å². The van der Waals surface area contributed by atoms with Gasteiger partial charge in [-0.3, -0.25) is 0 Å². The van der Waals surface area contributed by atoms with Crippen molar-refractivity contribution >= 4 is 11.6 Å². The normalized spacial score (nSPS) is 13.4. The molecule has 0 bridgehead atoms. The van der Waals surface area contributed by atoms with Crippen molar-refractivity contribution in [3.05, 3.63) is 0 Å². The standard InChI is InChI=1S/C8H17ClFN/c1-2-8(3-4-9)7-11-6-5-10/h8,11H,2-7H2,1H3. The van der Waals surface area contributed by atoms with Gasteiger partial charge in [0.05, 0.1) is 0 Å². The lowest BCUT2D eigenvalue weighted by atomic mass is 10.0. The van der Waals surface area contributed by atoms with E-state index in [0.29, 0.717) is 18.3 Å². The van der Waals surface area contributed by atoms with Crippen molar-refractivity contribution in [2.24, 2.45) is 5.92 Å². The number of halogens is 2. The Balaban J connectivity index is 3.20. The Labute approximate surface area is 73.3 Å². The molecule has 0 amide bonds. The Morgan fingerprint density at radius 2 is 2.27 bits per heavy atom.